The Bertz CT molecular complexity index is 670. The first-order valence-corrected chi connectivity index (χ1v) is 7.34. The van der Waals surface area contributed by atoms with E-state index in [1.165, 1.54) is 11.8 Å². The number of rotatable bonds is 3. The Morgan fingerprint density at radius 3 is 2.54 bits per heavy atom. The lowest BCUT2D eigenvalue weighted by Gasteiger charge is -2.42. The molecule has 1 unspecified atom stereocenters. The van der Waals surface area contributed by atoms with Gasteiger partial charge in [-0.05, 0) is 18.7 Å². The van der Waals surface area contributed by atoms with Crippen molar-refractivity contribution in [2.75, 3.05) is 31.6 Å². The molecule has 0 spiro atoms. The number of carboxylic acid groups (broad SMARTS) is 1. The number of aromatic nitrogens is 1. The smallest absolute Gasteiger partial charge is 0.339 e. The summed E-state index contributed by atoms with van der Waals surface area (Å²) in [6.07, 6.45) is 3.08. The average molecular weight is 370 g/mol. The van der Waals surface area contributed by atoms with Crippen LogP contribution in [-0.2, 0) is 0 Å². The summed E-state index contributed by atoms with van der Waals surface area (Å²) in [5, 5.41) is 9.43. The van der Waals surface area contributed by atoms with E-state index in [1.807, 2.05) is 18.2 Å². The molecule has 0 bridgehead atoms. The number of anilines is 1. The zero-order valence-corrected chi connectivity index (χ0v) is 15.0. The predicted molar refractivity (Wildman–Crippen MR) is 99.7 cm³/mol. The van der Waals surface area contributed by atoms with Gasteiger partial charge in [0.15, 0.2) is 0 Å². The van der Waals surface area contributed by atoms with E-state index in [1.54, 1.807) is 12.3 Å². The van der Waals surface area contributed by atoms with E-state index in [4.69, 9.17) is 0 Å². The highest BCUT2D eigenvalue weighted by molar-refractivity contribution is 5.94. The lowest BCUT2D eigenvalue weighted by atomic mass is 10.0. The molecular weight excluding hydrogens is 349 g/mol. The summed E-state index contributed by atoms with van der Waals surface area (Å²) in [6.45, 7) is 2.57. The molecule has 1 aromatic carbocycles. The molecule has 1 fully saturated rings. The van der Waals surface area contributed by atoms with Gasteiger partial charge in [-0.25, -0.2) is 4.79 Å². The molecule has 0 radical (unpaired) electrons. The Balaban J connectivity index is 0.00000144. The molecule has 2 aromatic rings. The van der Waals surface area contributed by atoms with Crippen molar-refractivity contribution in [3.05, 3.63) is 59.9 Å². The van der Waals surface area contributed by atoms with Crippen LogP contribution in [-0.4, -0.2) is 47.6 Å². The molecule has 24 heavy (non-hydrogen) atoms. The fraction of sp³-hybridized carbons (Fsp3) is 0.294. The first-order valence-electron chi connectivity index (χ1n) is 7.34. The van der Waals surface area contributed by atoms with Gasteiger partial charge in [0.1, 0.15) is 5.56 Å². The van der Waals surface area contributed by atoms with Gasteiger partial charge in [0.25, 0.3) is 0 Å². The molecule has 1 saturated heterocycles. The number of halogens is 2. The third-order valence-electron chi connectivity index (χ3n) is 4.11. The SMILES string of the molecule is CN1CCN(c2ccncc2C(=O)O)C(c2ccccc2)C1.Cl.Cl. The average Bonchev–Trinajstić information content (AvgIpc) is 2.55. The van der Waals surface area contributed by atoms with Crippen molar-refractivity contribution >= 4 is 36.5 Å². The van der Waals surface area contributed by atoms with Crippen LogP contribution in [0.25, 0.3) is 0 Å². The minimum atomic E-state index is -0.936. The lowest BCUT2D eigenvalue weighted by Crippen LogP contribution is -2.47. The van der Waals surface area contributed by atoms with Crippen molar-refractivity contribution in [3.63, 3.8) is 0 Å². The van der Waals surface area contributed by atoms with Crippen molar-refractivity contribution in [2.45, 2.75) is 6.04 Å². The molecular formula is C17H21Cl2N3O2. The van der Waals surface area contributed by atoms with Crippen LogP contribution < -0.4 is 4.90 Å². The van der Waals surface area contributed by atoms with Crippen molar-refractivity contribution in [1.29, 1.82) is 0 Å². The number of likely N-dealkylation sites (N-methyl/N-ethyl adjacent to an activating group) is 1. The highest BCUT2D eigenvalue weighted by Gasteiger charge is 2.29. The van der Waals surface area contributed by atoms with Crippen molar-refractivity contribution in [3.8, 4) is 0 Å². The maximum absolute atomic E-state index is 11.5. The molecule has 130 valence electrons. The molecule has 5 nitrogen and oxygen atoms in total. The Morgan fingerprint density at radius 1 is 1.17 bits per heavy atom. The van der Waals surface area contributed by atoms with Crippen LogP contribution >= 0.6 is 24.8 Å². The predicted octanol–water partition coefficient (Wildman–Crippen LogP) is 3.12. The van der Waals surface area contributed by atoms with Gasteiger partial charge < -0.3 is 14.9 Å². The summed E-state index contributed by atoms with van der Waals surface area (Å²) in [6, 6.07) is 12.2. The Kier molecular flexibility index (Phi) is 7.48. The molecule has 3 rings (SSSR count). The van der Waals surface area contributed by atoms with Crippen molar-refractivity contribution in [1.82, 2.24) is 9.88 Å². The summed E-state index contributed by atoms with van der Waals surface area (Å²) < 4.78 is 0. The summed E-state index contributed by atoms with van der Waals surface area (Å²) in [5.74, 6) is -0.936. The molecule has 1 aliphatic rings. The lowest BCUT2D eigenvalue weighted by molar-refractivity contribution is 0.0696. The van der Waals surface area contributed by atoms with E-state index in [2.05, 4.69) is 34.0 Å². The highest BCUT2D eigenvalue weighted by Crippen LogP contribution is 2.32. The van der Waals surface area contributed by atoms with E-state index in [0.717, 1.165) is 25.3 Å². The first kappa shape index (κ1) is 20.2. The number of piperazine rings is 1. The first-order chi connectivity index (χ1) is 10.7. The van der Waals surface area contributed by atoms with Crippen LogP contribution in [0.5, 0.6) is 0 Å². The number of carboxylic acids is 1. The number of carbonyl (C=O) groups is 1. The largest absolute Gasteiger partial charge is 0.478 e. The van der Waals surface area contributed by atoms with Gasteiger partial charge >= 0.3 is 5.97 Å². The van der Waals surface area contributed by atoms with Crippen LogP contribution in [0.4, 0.5) is 5.69 Å². The van der Waals surface area contributed by atoms with Gasteiger partial charge in [-0.15, -0.1) is 24.8 Å². The minimum Gasteiger partial charge on any atom is -0.478 e. The zero-order chi connectivity index (χ0) is 15.5. The third-order valence-corrected chi connectivity index (χ3v) is 4.11. The van der Waals surface area contributed by atoms with Crippen LogP contribution in [0, 0.1) is 0 Å². The highest BCUT2D eigenvalue weighted by atomic mass is 35.5. The van der Waals surface area contributed by atoms with E-state index in [9.17, 15) is 9.90 Å². The van der Waals surface area contributed by atoms with Gasteiger partial charge in [-0.2, -0.15) is 0 Å². The normalized spacial score (nSPS) is 17.5. The fourth-order valence-corrected chi connectivity index (χ4v) is 2.97. The van der Waals surface area contributed by atoms with E-state index in [-0.39, 0.29) is 36.4 Å². The number of benzene rings is 1. The van der Waals surface area contributed by atoms with E-state index < -0.39 is 5.97 Å². The second-order valence-electron chi connectivity index (χ2n) is 5.58. The maximum Gasteiger partial charge on any atom is 0.339 e. The van der Waals surface area contributed by atoms with Crippen LogP contribution in [0.3, 0.4) is 0 Å². The standard InChI is InChI=1S/C17H19N3O2.2ClH/c1-19-9-10-20(15-7-8-18-11-14(15)17(21)22)16(12-19)13-5-3-2-4-6-13;;/h2-8,11,16H,9-10,12H2,1H3,(H,21,22);2*1H. The number of nitrogens with zero attached hydrogens (tertiary/aromatic N) is 3. The Labute approximate surface area is 154 Å². The molecule has 1 aliphatic heterocycles. The maximum atomic E-state index is 11.5. The van der Waals surface area contributed by atoms with E-state index >= 15 is 0 Å². The second kappa shape index (κ2) is 8.87. The Hall–Kier alpha value is -1.82. The summed E-state index contributed by atoms with van der Waals surface area (Å²) >= 11 is 0. The van der Waals surface area contributed by atoms with Gasteiger partial charge in [0.2, 0.25) is 0 Å². The van der Waals surface area contributed by atoms with Gasteiger partial charge in [0, 0.05) is 32.0 Å². The van der Waals surface area contributed by atoms with E-state index in [0.29, 0.717) is 0 Å². The summed E-state index contributed by atoms with van der Waals surface area (Å²) in [5.41, 5.74) is 2.19. The molecule has 1 aromatic heterocycles. The molecule has 0 saturated carbocycles. The molecule has 1 atom stereocenters. The summed E-state index contributed by atoms with van der Waals surface area (Å²) in [7, 11) is 2.10. The minimum absolute atomic E-state index is 0. The number of aromatic carboxylic acids is 1. The van der Waals surface area contributed by atoms with Gasteiger partial charge in [-0.3, -0.25) is 4.98 Å². The second-order valence-corrected chi connectivity index (χ2v) is 5.58. The monoisotopic (exact) mass is 369 g/mol. The number of hydrogen-bond donors (Lipinski definition) is 1. The molecule has 7 heteroatoms. The molecule has 1 N–H and O–H groups in total. The number of hydrogen-bond acceptors (Lipinski definition) is 4. The molecule has 2 heterocycles. The molecule has 0 amide bonds. The van der Waals surface area contributed by atoms with Gasteiger partial charge in [-0.1, -0.05) is 30.3 Å². The number of pyridine rings is 1. The van der Waals surface area contributed by atoms with Gasteiger partial charge in [0.05, 0.1) is 11.7 Å². The van der Waals surface area contributed by atoms with Crippen molar-refractivity contribution in [2.24, 2.45) is 0 Å². The molecule has 0 aliphatic carbocycles. The quantitative estimate of drug-likeness (QED) is 0.900. The van der Waals surface area contributed by atoms with Crippen molar-refractivity contribution < 1.29 is 9.90 Å². The third kappa shape index (κ3) is 4.17. The van der Waals surface area contributed by atoms with Crippen LogP contribution in [0.15, 0.2) is 48.8 Å². The zero-order valence-electron chi connectivity index (χ0n) is 13.3. The topological polar surface area (TPSA) is 56.7 Å². The van der Waals surface area contributed by atoms with Crippen LogP contribution in [0.1, 0.15) is 22.0 Å². The summed E-state index contributed by atoms with van der Waals surface area (Å²) in [4.78, 5) is 19.9. The Morgan fingerprint density at radius 2 is 1.88 bits per heavy atom. The fourth-order valence-electron chi connectivity index (χ4n) is 2.97. The van der Waals surface area contributed by atoms with Crippen LogP contribution in [0.2, 0.25) is 0 Å².